The Balaban J connectivity index is 2.05. The molecule has 0 bridgehead atoms. The maximum absolute atomic E-state index is 6.56. The smallest absolute Gasteiger partial charge is 0.0533 e. The first-order valence-corrected chi connectivity index (χ1v) is 8.13. The van der Waals surface area contributed by atoms with Gasteiger partial charge in [-0.1, -0.05) is 17.7 Å². The Labute approximate surface area is 125 Å². The summed E-state index contributed by atoms with van der Waals surface area (Å²) in [5.74, 6) is 0. The number of hydrogen-bond donors (Lipinski definition) is 0. The summed E-state index contributed by atoms with van der Waals surface area (Å²) < 4.78 is 2.58. The van der Waals surface area contributed by atoms with Crippen molar-refractivity contribution in [3.05, 3.63) is 34.0 Å². The molecule has 0 fully saturated rings. The van der Waals surface area contributed by atoms with E-state index in [4.69, 9.17) is 11.6 Å². The molecule has 4 rings (SSSR count). The molecule has 1 aromatic carbocycles. The zero-order valence-corrected chi connectivity index (χ0v) is 12.8. The van der Waals surface area contributed by atoms with E-state index in [9.17, 15) is 0 Å². The lowest BCUT2D eigenvalue weighted by molar-refractivity contribution is 0.318. The number of likely N-dealkylation sites (N-methyl/N-ethyl adjacent to an activating group) is 1. The van der Waals surface area contributed by atoms with Crippen molar-refractivity contribution < 1.29 is 0 Å². The zero-order chi connectivity index (χ0) is 13.7. The fraction of sp³-hybridized carbons (Fsp3) is 0.529. The van der Waals surface area contributed by atoms with Crippen LogP contribution in [0.4, 0.5) is 0 Å². The van der Waals surface area contributed by atoms with E-state index < -0.39 is 0 Å². The minimum absolute atomic E-state index is 0.953. The molecule has 20 heavy (non-hydrogen) atoms. The lowest BCUT2D eigenvalue weighted by atomic mass is 9.95. The van der Waals surface area contributed by atoms with Gasteiger partial charge in [-0.3, -0.25) is 0 Å². The van der Waals surface area contributed by atoms with Gasteiger partial charge in [0, 0.05) is 30.7 Å². The van der Waals surface area contributed by atoms with Crippen LogP contribution in [0, 0.1) is 0 Å². The third kappa shape index (κ3) is 1.82. The second kappa shape index (κ2) is 4.78. The second-order valence-electron chi connectivity index (χ2n) is 6.27. The molecule has 0 radical (unpaired) electrons. The minimum Gasteiger partial charge on any atom is -0.343 e. The van der Waals surface area contributed by atoms with Gasteiger partial charge in [0.15, 0.2) is 0 Å². The fourth-order valence-electron chi connectivity index (χ4n) is 3.94. The van der Waals surface area contributed by atoms with Gasteiger partial charge in [0.05, 0.1) is 10.5 Å². The van der Waals surface area contributed by atoms with Crippen LogP contribution in [0.5, 0.6) is 0 Å². The average Bonchev–Trinajstić information content (AvgIpc) is 2.78. The van der Waals surface area contributed by atoms with E-state index >= 15 is 0 Å². The number of hydrogen-bond acceptors (Lipinski definition) is 1. The highest BCUT2D eigenvalue weighted by molar-refractivity contribution is 6.36. The maximum Gasteiger partial charge on any atom is 0.0533 e. The van der Waals surface area contributed by atoms with Crippen molar-refractivity contribution in [1.29, 1.82) is 0 Å². The standard InChI is InChI=1S/C17H21ClN2/c1-19-9-8-12-6-7-14(18)16-13-4-2-3-5-15(13)20(11-10-19)17(12)16/h6-7H,2-5,8-11H2,1H3. The van der Waals surface area contributed by atoms with Gasteiger partial charge in [-0.05, 0) is 56.3 Å². The van der Waals surface area contributed by atoms with Crippen molar-refractivity contribution in [2.24, 2.45) is 0 Å². The van der Waals surface area contributed by atoms with E-state index in [1.165, 1.54) is 42.1 Å². The Morgan fingerprint density at radius 3 is 2.75 bits per heavy atom. The Morgan fingerprint density at radius 2 is 1.85 bits per heavy atom. The third-order valence-corrected chi connectivity index (χ3v) is 5.33. The van der Waals surface area contributed by atoms with Crippen LogP contribution in [0.15, 0.2) is 12.1 Å². The summed E-state index contributed by atoms with van der Waals surface area (Å²) in [6, 6.07) is 4.35. The Morgan fingerprint density at radius 1 is 1.00 bits per heavy atom. The van der Waals surface area contributed by atoms with Crippen LogP contribution in [0.2, 0.25) is 5.02 Å². The summed E-state index contributed by atoms with van der Waals surface area (Å²) in [6.07, 6.45) is 6.20. The normalized spacial score (nSPS) is 19.7. The number of aryl methyl sites for hydroxylation is 1. The monoisotopic (exact) mass is 288 g/mol. The van der Waals surface area contributed by atoms with Crippen LogP contribution in [-0.2, 0) is 25.8 Å². The molecule has 1 aromatic heterocycles. The second-order valence-corrected chi connectivity index (χ2v) is 6.67. The van der Waals surface area contributed by atoms with Crippen molar-refractivity contribution in [2.75, 3.05) is 20.1 Å². The molecular weight excluding hydrogens is 268 g/mol. The van der Waals surface area contributed by atoms with Crippen LogP contribution in [0.25, 0.3) is 10.9 Å². The molecule has 2 aliphatic rings. The molecule has 0 unspecified atom stereocenters. The van der Waals surface area contributed by atoms with E-state index in [-0.39, 0.29) is 0 Å². The van der Waals surface area contributed by atoms with Crippen molar-refractivity contribution in [2.45, 2.75) is 38.6 Å². The average molecular weight is 289 g/mol. The predicted molar refractivity (Wildman–Crippen MR) is 84.8 cm³/mol. The first kappa shape index (κ1) is 12.7. The molecule has 0 saturated heterocycles. The summed E-state index contributed by atoms with van der Waals surface area (Å²) >= 11 is 6.56. The topological polar surface area (TPSA) is 8.17 Å². The van der Waals surface area contributed by atoms with Gasteiger partial charge in [-0.15, -0.1) is 0 Å². The number of benzene rings is 1. The number of aromatic nitrogens is 1. The number of halogens is 1. The van der Waals surface area contributed by atoms with Crippen LogP contribution in [0.1, 0.15) is 29.7 Å². The van der Waals surface area contributed by atoms with Gasteiger partial charge in [0.2, 0.25) is 0 Å². The first-order chi connectivity index (χ1) is 9.75. The summed E-state index contributed by atoms with van der Waals surface area (Å²) in [5.41, 5.74) is 6.03. The Bertz CT molecular complexity index is 671. The number of fused-ring (bicyclic) bond motifs is 3. The van der Waals surface area contributed by atoms with E-state index in [0.717, 1.165) is 31.1 Å². The summed E-state index contributed by atoms with van der Waals surface area (Å²) in [4.78, 5) is 2.44. The highest BCUT2D eigenvalue weighted by atomic mass is 35.5. The lowest BCUT2D eigenvalue weighted by Crippen LogP contribution is -2.28. The van der Waals surface area contributed by atoms with E-state index in [1.807, 2.05) is 0 Å². The Hall–Kier alpha value is -0.990. The minimum atomic E-state index is 0.953. The molecule has 0 spiro atoms. The Kier molecular flexibility index (Phi) is 3.04. The predicted octanol–water partition coefficient (Wildman–Crippen LogP) is 3.66. The van der Waals surface area contributed by atoms with Gasteiger partial charge in [-0.2, -0.15) is 0 Å². The van der Waals surface area contributed by atoms with Gasteiger partial charge >= 0.3 is 0 Å². The fourth-order valence-corrected chi connectivity index (χ4v) is 4.21. The molecule has 0 saturated carbocycles. The van der Waals surface area contributed by atoms with Crippen LogP contribution >= 0.6 is 11.6 Å². The molecule has 3 heteroatoms. The van der Waals surface area contributed by atoms with Crippen molar-refractivity contribution in [1.82, 2.24) is 9.47 Å². The molecular formula is C17H21ClN2. The summed E-state index contributed by atoms with van der Waals surface area (Å²) in [6.45, 7) is 3.39. The molecule has 2 heterocycles. The van der Waals surface area contributed by atoms with Crippen LogP contribution < -0.4 is 0 Å². The molecule has 1 aliphatic carbocycles. The first-order valence-electron chi connectivity index (χ1n) is 7.75. The molecule has 1 aliphatic heterocycles. The molecule has 0 amide bonds. The van der Waals surface area contributed by atoms with E-state index in [1.54, 1.807) is 11.3 Å². The quantitative estimate of drug-likeness (QED) is 0.718. The zero-order valence-electron chi connectivity index (χ0n) is 12.1. The largest absolute Gasteiger partial charge is 0.343 e. The van der Waals surface area contributed by atoms with Crippen LogP contribution in [-0.4, -0.2) is 29.6 Å². The summed E-state index contributed by atoms with van der Waals surface area (Å²) in [5, 5.41) is 2.32. The van der Waals surface area contributed by atoms with Gasteiger partial charge in [0.1, 0.15) is 0 Å². The van der Waals surface area contributed by atoms with Crippen molar-refractivity contribution in [3.63, 3.8) is 0 Å². The van der Waals surface area contributed by atoms with E-state index in [0.29, 0.717) is 0 Å². The highest BCUT2D eigenvalue weighted by Crippen LogP contribution is 2.38. The van der Waals surface area contributed by atoms with Gasteiger partial charge < -0.3 is 9.47 Å². The van der Waals surface area contributed by atoms with Gasteiger partial charge in [-0.25, -0.2) is 0 Å². The number of rotatable bonds is 0. The third-order valence-electron chi connectivity index (χ3n) is 5.02. The molecule has 106 valence electrons. The molecule has 2 nitrogen and oxygen atoms in total. The van der Waals surface area contributed by atoms with Crippen molar-refractivity contribution >= 4 is 22.5 Å². The SMILES string of the molecule is CN1CCc2ccc(Cl)c3c4c(n(c23)CC1)CCCC4. The number of nitrogens with zero attached hydrogens (tertiary/aromatic N) is 2. The van der Waals surface area contributed by atoms with Crippen LogP contribution in [0.3, 0.4) is 0 Å². The molecule has 0 N–H and O–H groups in total. The summed E-state index contributed by atoms with van der Waals surface area (Å²) in [7, 11) is 2.23. The van der Waals surface area contributed by atoms with Crippen molar-refractivity contribution in [3.8, 4) is 0 Å². The van der Waals surface area contributed by atoms with E-state index in [2.05, 4.69) is 28.6 Å². The maximum atomic E-state index is 6.56. The molecule has 2 aromatic rings. The van der Waals surface area contributed by atoms with Gasteiger partial charge in [0.25, 0.3) is 0 Å². The lowest BCUT2D eigenvalue weighted by Gasteiger charge is -2.23. The molecule has 0 atom stereocenters. The highest BCUT2D eigenvalue weighted by Gasteiger charge is 2.24.